The zero-order chi connectivity index (χ0) is 14.3. The summed E-state index contributed by atoms with van der Waals surface area (Å²) in [5.74, 6) is 6.82. The van der Waals surface area contributed by atoms with Crippen molar-refractivity contribution in [3.8, 4) is 11.8 Å². The van der Waals surface area contributed by atoms with Crippen LogP contribution in [0.15, 0.2) is 42.7 Å². The first kappa shape index (κ1) is 13.6. The summed E-state index contributed by atoms with van der Waals surface area (Å²) in [6.45, 7) is 1.61. The summed E-state index contributed by atoms with van der Waals surface area (Å²) >= 11 is 0. The van der Waals surface area contributed by atoms with Crippen LogP contribution in [-0.4, -0.2) is 29.2 Å². The van der Waals surface area contributed by atoms with E-state index in [0.29, 0.717) is 12.0 Å². The van der Waals surface area contributed by atoms with E-state index in [1.54, 1.807) is 12.4 Å². The molecule has 1 saturated heterocycles. The van der Waals surface area contributed by atoms with Gasteiger partial charge in [-0.1, -0.05) is 30.0 Å². The van der Waals surface area contributed by atoms with Crippen LogP contribution in [-0.2, 0) is 4.74 Å². The summed E-state index contributed by atoms with van der Waals surface area (Å²) in [4.78, 5) is 8.64. The van der Waals surface area contributed by atoms with Crippen molar-refractivity contribution in [2.45, 2.75) is 18.9 Å². The first-order chi connectivity index (χ1) is 10.4. The van der Waals surface area contributed by atoms with E-state index in [1.807, 2.05) is 30.3 Å². The van der Waals surface area contributed by atoms with Crippen LogP contribution in [0.4, 0.5) is 5.95 Å². The second-order valence-electron chi connectivity index (χ2n) is 4.94. The quantitative estimate of drug-likeness (QED) is 0.858. The third-order valence-electron chi connectivity index (χ3n) is 3.33. The molecule has 3 rings (SSSR count). The van der Waals surface area contributed by atoms with Gasteiger partial charge in [0.25, 0.3) is 0 Å². The molecule has 21 heavy (non-hydrogen) atoms. The Morgan fingerprint density at radius 2 is 1.62 bits per heavy atom. The molecule has 2 heterocycles. The maximum absolute atomic E-state index is 5.33. The molecule has 0 spiro atoms. The van der Waals surface area contributed by atoms with Crippen molar-refractivity contribution < 1.29 is 4.74 Å². The number of rotatable bonds is 2. The Kier molecular flexibility index (Phi) is 4.45. The van der Waals surface area contributed by atoms with Gasteiger partial charge in [-0.15, -0.1) is 0 Å². The highest BCUT2D eigenvalue weighted by Crippen LogP contribution is 2.11. The molecule has 1 aromatic heterocycles. The van der Waals surface area contributed by atoms with Crippen LogP contribution in [0, 0.1) is 11.8 Å². The first-order valence-corrected chi connectivity index (χ1v) is 7.13. The second-order valence-corrected chi connectivity index (χ2v) is 4.94. The van der Waals surface area contributed by atoms with Crippen LogP contribution in [0.25, 0.3) is 0 Å². The fourth-order valence-electron chi connectivity index (χ4n) is 2.16. The fraction of sp³-hybridized carbons (Fsp3) is 0.294. The maximum atomic E-state index is 5.33. The summed E-state index contributed by atoms with van der Waals surface area (Å²) in [7, 11) is 0. The molecule has 1 fully saturated rings. The van der Waals surface area contributed by atoms with E-state index in [9.17, 15) is 0 Å². The Labute approximate surface area is 124 Å². The molecule has 0 saturated carbocycles. The smallest absolute Gasteiger partial charge is 0.222 e. The van der Waals surface area contributed by atoms with E-state index in [2.05, 4.69) is 27.1 Å². The molecule has 1 N–H and O–H groups in total. The topological polar surface area (TPSA) is 47.0 Å². The van der Waals surface area contributed by atoms with Gasteiger partial charge >= 0.3 is 0 Å². The molecule has 0 bridgehead atoms. The lowest BCUT2D eigenvalue weighted by molar-refractivity contribution is 0.0903. The Morgan fingerprint density at radius 3 is 2.33 bits per heavy atom. The molecule has 0 aliphatic carbocycles. The van der Waals surface area contributed by atoms with Gasteiger partial charge in [-0.25, -0.2) is 9.97 Å². The molecule has 2 aromatic rings. The SMILES string of the molecule is C(#Cc1cnc(NC2CCOCC2)nc1)c1ccccc1. The fourth-order valence-corrected chi connectivity index (χ4v) is 2.16. The van der Waals surface area contributed by atoms with E-state index in [0.717, 1.165) is 37.2 Å². The van der Waals surface area contributed by atoms with Gasteiger partial charge in [-0.2, -0.15) is 0 Å². The van der Waals surface area contributed by atoms with Gasteiger partial charge < -0.3 is 10.1 Å². The van der Waals surface area contributed by atoms with Crippen LogP contribution in [0.2, 0.25) is 0 Å². The standard InChI is InChI=1S/C17H17N3O/c1-2-4-14(5-3-1)6-7-15-12-18-17(19-13-15)20-16-8-10-21-11-9-16/h1-5,12-13,16H,8-11H2,(H,18,19,20). The van der Waals surface area contributed by atoms with Crippen LogP contribution in [0.1, 0.15) is 24.0 Å². The molecule has 1 aliphatic heterocycles. The summed E-state index contributed by atoms with van der Waals surface area (Å²) in [5.41, 5.74) is 1.80. The zero-order valence-corrected chi connectivity index (χ0v) is 11.7. The number of nitrogens with one attached hydrogen (secondary N) is 1. The zero-order valence-electron chi connectivity index (χ0n) is 11.7. The van der Waals surface area contributed by atoms with Gasteiger partial charge in [0, 0.05) is 37.2 Å². The Bertz CT molecular complexity index is 623. The Morgan fingerprint density at radius 1 is 0.952 bits per heavy atom. The minimum absolute atomic E-state index is 0.403. The number of nitrogens with zero attached hydrogens (tertiary/aromatic N) is 2. The lowest BCUT2D eigenvalue weighted by Crippen LogP contribution is -2.28. The van der Waals surface area contributed by atoms with E-state index in [-0.39, 0.29) is 0 Å². The third kappa shape index (κ3) is 4.04. The average molecular weight is 279 g/mol. The lowest BCUT2D eigenvalue weighted by atomic mass is 10.1. The van der Waals surface area contributed by atoms with Gasteiger partial charge in [0.2, 0.25) is 5.95 Å². The van der Waals surface area contributed by atoms with Crippen molar-refractivity contribution in [2.75, 3.05) is 18.5 Å². The highest BCUT2D eigenvalue weighted by Gasteiger charge is 2.13. The molecular weight excluding hydrogens is 262 g/mol. The highest BCUT2D eigenvalue weighted by atomic mass is 16.5. The molecule has 106 valence electrons. The van der Waals surface area contributed by atoms with Crippen molar-refractivity contribution in [1.82, 2.24) is 9.97 Å². The van der Waals surface area contributed by atoms with Crippen molar-refractivity contribution in [3.63, 3.8) is 0 Å². The number of aromatic nitrogens is 2. The Balaban J connectivity index is 1.63. The van der Waals surface area contributed by atoms with Gasteiger partial charge in [0.1, 0.15) is 0 Å². The minimum Gasteiger partial charge on any atom is -0.381 e. The van der Waals surface area contributed by atoms with Gasteiger partial charge in [0.05, 0.1) is 5.56 Å². The van der Waals surface area contributed by atoms with E-state index in [4.69, 9.17) is 4.74 Å². The van der Waals surface area contributed by atoms with Crippen molar-refractivity contribution >= 4 is 5.95 Å². The third-order valence-corrected chi connectivity index (χ3v) is 3.33. The van der Waals surface area contributed by atoms with Crippen LogP contribution in [0.5, 0.6) is 0 Å². The molecule has 0 amide bonds. The summed E-state index contributed by atoms with van der Waals surface area (Å²) < 4.78 is 5.33. The molecular formula is C17H17N3O. The van der Waals surface area contributed by atoms with Gasteiger partial charge in [-0.05, 0) is 25.0 Å². The van der Waals surface area contributed by atoms with Crippen molar-refractivity contribution in [2.24, 2.45) is 0 Å². The van der Waals surface area contributed by atoms with Crippen molar-refractivity contribution in [1.29, 1.82) is 0 Å². The lowest BCUT2D eigenvalue weighted by Gasteiger charge is -2.22. The van der Waals surface area contributed by atoms with Crippen LogP contribution >= 0.6 is 0 Å². The van der Waals surface area contributed by atoms with Gasteiger partial charge in [-0.3, -0.25) is 0 Å². The summed E-state index contributed by atoms with van der Waals surface area (Å²) in [6.07, 6.45) is 5.51. The summed E-state index contributed by atoms with van der Waals surface area (Å²) in [5, 5.41) is 3.33. The molecule has 4 nitrogen and oxygen atoms in total. The first-order valence-electron chi connectivity index (χ1n) is 7.13. The molecule has 0 radical (unpaired) electrons. The highest BCUT2D eigenvalue weighted by molar-refractivity contribution is 5.41. The Hall–Kier alpha value is -2.38. The van der Waals surface area contributed by atoms with Crippen LogP contribution < -0.4 is 5.32 Å². The predicted molar refractivity (Wildman–Crippen MR) is 81.9 cm³/mol. The number of benzene rings is 1. The molecule has 0 unspecified atom stereocenters. The number of hydrogen-bond donors (Lipinski definition) is 1. The minimum atomic E-state index is 0.403. The van der Waals surface area contributed by atoms with E-state index >= 15 is 0 Å². The van der Waals surface area contributed by atoms with Gasteiger partial charge in [0.15, 0.2) is 0 Å². The van der Waals surface area contributed by atoms with E-state index in [1.165, 1.54) is 0 Å². The average Bonchev–Trinajstić information content (AvgIpc) is 2.56. The molecule has 4 heteroatoms. The predicted octanol–water partition coefficient (Wildman–Crippen LogP) is 2.47. The maximum Gasteiger partial charge on any atom is 0.222 e. The van der Waals surface area contributed by atoms with E-state index < -0.39 is 0 Å². The summed E-state index contributed by atoms with van der Waals surface area (Å²) in [6, 6.07) is 10.3. The number of anilines is 1. The second kappa shape index (κ2) is 6.87. The number of hydrogen-bond acceptors (Lipinski definition) is 4. The normalized spacial score (nSPS) is 15.0. The molecule has 1 aromatic carbocycles. The number of ether oxygens (including phenoxy) is 1. The molecule has 1 aliphatic rings. The molecule has 0 atom stereocenters. The monoisotopic (exact) mass is 279 g/mol. The van der Waals surface area contributed by atoms with Crippen molar-refractivity contribution in [3.05, 3.63) is 53.9 Å². The van der Waals surface area contributed by atoms with Crippen LogP contribution in [0.3, 0.4) is 0 Å². The largest absolute Gasteiger partial charge is 0.381 e.